The maximum absolute atomic E-state index is 11.9. The van der Waals surface area contributed by atoms with Crippen LogP contribution in [0.15, 0.2) is 18.3 Å². The molecule has 0 aliphatic heterocycles. The molecular formula is C8H6F3N3O2. The number of anilines is 1. The van der Waals surface area contributed by atoms with Gasteiger partial charge in [0.05, 0.1) is 5.69 Å². The zero-order valence-corrected chi connectivity index (χ0v) is 7.71. The van der Waals surface area contributed by atoms with Crippen LogP contribution in [0.3, 0.4) is 0 Å². The van der Waals surface area contributed by atoms with Crippen molar-refractivity contribution in [3.8, 4) is 0 Å². The predicted octanol–water partition coefficient (Wildman–Crippen LogP) is 0.681. The van der Waals surface area contributed by atoms with E-state index < -0.39 is 23.7 Å². The summed E-state index contributed by atoms with van der Waals surface area (Å²) in [5, 5.41) is 1.50. The quantitative estimate of drug-likeness (QED) is 0.787. The Kier molecular flexibility index (Phi) is 3.11. The summed E-state index contributed by atoms with van der Waals surface area (Å²) in [6.45, 7) is 0. The van der Waals surface area contributed by atoms with Gasteiger partial charge in [-0.25, -0.2) is 4.98 Å². The van der Waals surface area contributed by atoms with Gasteiger partial charge in [-0.1, -0.05) is 0 Å². The molecule has 86 valence electrons. The number of rotatable bonds is 2. The predicted molar refractivity (Wildman–Crippen MR) is 47.4 cm³/mol. The molecule has 0 aliphatic rings. The zero-order valence-electron chi connectivity index (χ0n) is 7.71. The van der Waals surface area contributed by atoms with Crippen molar-refractivity contribution < 1.29 is 22.8 Å². The molecule has 0 spiro atoms. The minimum absolute atomic E-state index is 0.377. The largest absolute Gasteiger partial charge is 0.471 e. The van der Waals surface area contributed by atoms with Gasteiger partial charge in [0.25, 0.3) is 5.91 Å². The first kappa shape index (κ1) is 12.0. The third kappa shape index (κ3) is 2.69. The second-order valence-corrected chi connectivity index (χ2v) is 2.72. The Morgan fingerprint density at radius 3 is 2.50 bits per heavy atom. The molecule has 0 saturated heterocycles. The van der Waals surface area contributed by atoms with Crippen LogP contribution in [0.4, 0.5) is 18.9 Å². The van der Waals surface area contributed by atoms with Crippen LogP contribution in [0.5, 0.6) is 0 Å². The van der Waals surface area contributed by atoms with E-state index in [9.17, 15) is 22.8 Å². The van der Waals surface area contributed by atoms with Crippen molar-refractivity contribution in [2.75, 3.05) is 5.32 Å². The van der Waals surface area contributed by atoms with Crippen LogP contribution in [0, 0.1) is 0 Å². The Hall–Kier alpha value is -2.12. The van der Waals surface area contributed by atoms with Crippen molar-refractivity contribution in [3.63, 3.8) is 0 Å². The third-order valence-corrected chi connectivity index (χ3v) is 1.55. The topological polar surface area (TPSA) is 85.1 Å². The average molecular weight is 233 g/mol. The van der Waals surface area contributed by atoms with Crippen molar-refractivity contribution >= 4 is 17.5 Å². The fourth-order valence-corrected chi connectivity index (χ4v) is 0.896. The number of carbonyl (C=O) groups excluding carboxylic acids is 2. The van der Waals surface area contributed by atoms with E-state index in [1.54, 1.807) is 0 Å². The van der Waals surface area contributed by atoms with E-state index >= 15 is 0 Å². The number of nitrogens with zero attached hydrogens (tertiary/aromatic N) is 1. The first-order valence-corrected chi connectivity index (χ1v) is 3.95. The summed E-state index contributed by atoms with van der Waals surface area (Å²) < 4.78 is 35.8. The maximum atomic E-state index is 11.9. The molecule has 2 amide bonds. The Morgan fingerprint density at radius 2 is 2.00 bits per heavy atom. The van der Waals surface area contributed by atoms with Gasteiger partial charge >= 0.3 is 12.1 Å². The Morgan fingerprint density at radius 1 is 1.38 bits per heavy atom. The molecule has 0 fully saturated rings. The molecule has 16 heavy (non-hydrogen) atoms. The van der Waals surface area contributed by atoms with Crippen LogP contribution in [0.25, 0.3) is 0 Å². The van der Waals surface area contributed by atoms with Crippen LogP contribution in [0.2, 0.25) is 0 Å². The number of carbonyl (C=O) groups is 2. The molecule has 1 heterocycles. The van der Waals surface area contributed by atoms with E-state index in [0.717, 1.165) is 6.07 Å². The number of aromatic nitrogens is 1. The highest BCUT2D eigenvalue weighted by Gasteiger charge is 2.39. The smallest absolute Gasteiger partial charge is 0.364 e. The van der Waals surface area contributed by atoms with Crippen molar-refractivity contribution in [1.29, 1.82) is 0 Å². The number of alkyl halides is 3. The molecule has 1 aromatic heterocycles. The van der Waals surface area contributed by atoms with Gasteiger partial charge in [0.15, 0.2) is 5.69 Å². The molecule has 0 aliphatic carbocycles. The van der Waals surface area contributed by atoms with Gasteiger partial charge in [0.2, 0.25) is 0 Å². The van der Waals surface area contributed by atoms with E-state index in [1.165, 1.54) is 17.6 Å². The minimum atomic E-state index is -5.04. The summed E-state index contributed by atoms with van der Waals surface area (Å²) in [4.78, 5) is 24.8. The van der Waals surface area contributed by atoms with Crippen molar-refractivity contribution in [2.24, 2.45) is 5.73 Å². The number of nitrogens with two attached hydrogens (primary N) is 1. The number of amides is 2. The second kappa shape index (κ2) is 4.17. The van der Waals surface area contributed by atoms with Gasteiger partial charge in [-0.05, 0) is 12.1 Å². The number of halogens is 3. The van der Waals surface area contributed by atoms with E-state index in [0.29, 0.717) is 0 Å². The van der Waals surface area contributed by atoms with Gasteiger partial charge in [0.1, 0.15) is 0 Å². The lowest BCUT2D eigenvalue weighted by Gasteiger charge is -2.09. The SMILES string of the molecule is NC(=O)c1ncccc1NC(=O)C(F)(F)F. The van der Waals surface area contributed by atoms with Gasteiger partial charge in [-0.15, -0.1) is 0 Å². The second-order valence-electron chi connectivity index (χ2n) is 2.72. The highest BCUT2D eigenvalue weighted by Crippen LogP contribution is 2.19. The van der Waals surface area contributed by atoms with E-state index in [2.05, 4.69) is 4.98 Å². The van der Waals surface area contributed by atoms with Crippen molar-refractivity contribution in [2.45, 2.75) is 6.18 Å². The summed E-state index contributed by atoms with van der Waals surface area (Å²) in [5.41, 5.74) is 4.06. The highest BCUT2D eigenvalue weighted by atomic mass is 19.4. The molecule has 1 aromatic rings. The highest BCUT2D eigenvalue weighted by molar-refractivity contribution is 6.02. The number of primary amides is 1. The Labute approximate surface area is 87.5 Å². The zero-order chi connectivity index (χ0) is 12.3. The molecule has 0 bridgehead atoms. The van der Waals surface area contributed by atoms with E-state index in [-0.39, 0.29) is 5.69 Å². The van der Waals surface area contributed by atoms with Crippen LogP contribution < -0.4 is 11.1 Å². The van der Waals surface area contributed by atoms with Gasteiger partial charge in [0, 0.05) is 6.20 Å². The van der Waals surface area contributed by atoms with Crippen molar-refractivity contribution in [3.05, 3.63) is 24.0 Å². The molecular weight excluding hydrogens is 227 g/mol. The molecule has 0 unspecified atom stereocenters. The lowest BCUT2D eigenvalue weighted by Crippen LogP contribution is -2.31. The van der Waals surface area contributed by atoms with Crippen LogP contribution >= 0.6 is 0 Å². The molecule has 5 nitrogen and oxygen atoms in total. The van der Waals surface area contributed by atoms with Crippen molar-refractivity contribution in [1.82, 2.24) is 4.98 Å². The van der Waals surface area contributed by atoms with Crippen LogP contribution in [-0.4, -0.2) is 23.0 Å². The summed E-state index contributed by atoms with van der Waals surface area (Å²) in [6.07, 6.45) is -3.87. The summed E-state index contributed by atoms with van der Waals surface area (Å²) >= 11 is 0. The Bertz CT molecular complexity index is 431. The monoisotopic (exact) mass is 233 g/mol. The first-order chi connectivity index (χ1) is 7.32. The number of hydrogen-bond donors (Lipinski definition) is 2. The Balaban J connectivity index is 2.98. The van der Waals surface area contributed by atoms with Crippen LogP contribution in [0.1, 0.15) is 10.5 Å². The number of pyridine rings is 1. The molecule has 0 saturated carbocycles. The minimum Gasteiger partial charge on any atom is -0.364 e. The van der Waals surface area contributed by atoms with Gasteiger partial charge < -0.3 is 11.1 Å². The molecule has 8 heteroatoms. The molecule has 0 radical (unpaired) electrons. The molecule has 1 rings (SSSR count). The fraction of sp³-hybridized carbons (Fsp3) is 0.125. The molecule has 0 aromatic carbocycles. The lowest BCUT2D eigenvalue weighted by molar-refractivity contribution is -0.167. The van der Waals surface area contributed by atoms with Gasteiger partial charge in [-0.3, -0.25) is 9.59 Å². The normalized spacial score (nSPS) is 10.9. The first-order valence-electron chi connectivity index (χ1n) is 3.95. The average Bonchev–Trinajstić information content (AvgIpc) is 2.16. The van der Waals surface area contributed by atoms with E-state index in [1.807, 2.05) is 0 Å². The van der Waals surface area contributed by atoms with E-state index in [4.69, 9.17) is 5.73 Å². The standard InChI is InChI=1S/C8H6F3N3O2/c9-8(10,11)7(16)14-4-2-1-3-13-5(4)6(12)15/h1-3H,(H2,12,15)(H,14,16). The maximum Gasteiger partial charge on any atom is 0.471 e. The number of hydrogen-bond acceptors (Lipinski definition) is 3. The van der Waals surface area contributed by atoms with Crippen LogP contribution in [-0.2, 0) is 4.79 Å². The van der Waals surface area contributed by atoms with Gasteiger partial charge in [-0.2, -0.15) is 13.2 Å². The lowest BCUT2D eigenvalue weighted by atomic mass is 10.3. The summed E-state index contributed by atoms with van der Waals surface area (Å²) in [6, 6.07) is 2.36. The number of nitrogens with one attached hydrogen (secondary N) is 1. The fourth-order valence-electron chi connectivity index (χ4n) is 0.896. The summed E-state index contributed by atoms with van der Waals surface area (Å²) in [7, 11) is 0. The third-order valence-electron chi connectivity index (χ3n) is 1.55. The summed E-state index contributed by atoms with van der Waals surface area (Å²) in [5.74, 6) is -3.22. The molecule has 0 atom stereocenters. The molecule has 3 N–H and O–H groups in total.